The molecule has 0 aromatic carbocycles. The van der Waals surface area contributed by atoms with Crippen molar-refractivity contribution >= 4 is 0 Å². The third-order valence-electron chi connectivity index (χ3n) is 4.71. The zero-order valence-corrected chi connectivity index (χ0v) is 6.84. The molecule has 0 saturated heterocycles. The first-order chi connectivity index (χ1) is 5.42. The maximum atomic E-state index is 1.95. The minimum absolute atomic E-state index is 1.09. The Morgan fingerprint density at radius 1 is 0.909 bits per heavy atom. The highest BCUT2D eigenvalue weighted by molar-refractivity contribution is 5.39. The fourth-order valence-electron chi connectivity index (χ4n) is 4.34. The van der Waals surface area contributed by atoms with Crippen molar-refractivity contribution < 1.29 is 0 Å². The lowest BCUT2D eigenvalue weighted by atomic mass is 9.46. The van der Waals surface area contributed by atoms with Crippen molar-refractivity contribution in [3.8, 4) is 0 Å². The van der Waals surface area contributed by atoms with Gasteiger partial charge in [-0.1, -0.05) is 11.1 Å². The van der Waals surface area contributed by atoms with Crippen LogP contribution >= 0.6 is 0 Å². The fraction of sp³-hybridized carbons (Fsp3) is 0.818. The molecule has 6 rings (SSSR count). The third kappa shape index (κ3) is 0.457. The van der Waals surface area contributed by atoms with Crippen molar-refractivity contribution in [3.63, 3.8) is 0 Å². The second kappa shape index (κ2) is 1.44. The number of hydrogen-bond donors (Lipinski definition) is 0. The zero-order chi connectivity index (χ0) is 7.00. The Labute approximate surface area is 67.7 Å². The normalized spacial score (nSPS) is 56.7. The maximum Gasteiger partial charge on any atom is -0.0134 e. The molecule has 0 amide bonds. The quantitative estimate of drug-likeness (QED) is 0.461. The molecule has 0 N–H and O–H groups in total. The maximum absolute atomic E-state index is 1.95. The van der Waals surface area contributed by atoms with Gasteiger partial charge in [0.05, 0.1) is 0 Å². The smallest absolute Gasteiger partial charge is 0.0134 e. The molecule has 4 unspecified atom stereocenters. The van der Waals surface area contributed by atoms with E-state index in [0.717, 1.165) is 23.7 Å². The van der Waals surface area contributed by atoms with Crippen LogP contribution < -0.4 is 0 Å². The van der Waals surface area contributed by atoms with E-state index in [4.69, 9.17) is 0 Å². The fourth-order valence-corrected chi connectivity index (χ4v) is 4.34. The molecule has 4 atom stereocenters. The summed E-state index contributed by atoms with van der Waals surface area (Å²) in [6, 6.07) is 0. The summed E-state index contributed by atoms with van der Waals surface area (Å²) in [5.74, 6) is 4.49. The predicted molar refractivity (Wildman–Crippen MR) is 44.1 cm³/mol. The van der Waals surface area contributed by atoms with Gasteiger partial charge in [-0.05, 0) is 55.8 Å². The molecular formula is C11H14. The van der Waals surface area contributed by atoms with E-state index in [1.165, 1.54) is 12.8 Å². The SMILES string of the molecule is C1C2=C3CC2C2CC1CC3C2. The van der Waals surface area contributed by atoms with E-state index in [2.05, 4.69) is 0 Å². The zero-order valence-electron chi connectivity index (χ0n) is 6.84. The minimum Gasteiger partial charge on any atom is -0.0670 e. The average molecular weight is 146 g/mol. The lowest BCUT2D eigenvalue weighted by molar-refractivity contribution is 0.0629. The molecule has 6 aliphatic rings. The van der Waals surface area contributed by atoms with Gasteiger partial charge in [-0.2, -0.15) is 0 Å². The Morgan fingerprint density at radius 2 is 1.91 bits per heavy atom. The molecule has 0 heterocycles. The van der Waals surface area contributed by atoms with E-state index >= 15 is 0 Å². The second-order valence-corrected chi connectivity index (χ2v) is 5.10. The molecule has 11 heavy (non-hydrogen) atoms. The Hall–Kier alpha value is -0.260. The van der Waals surface area contributed by atoms with E-state index in [0.29, 0.717) is 0 Å². The number of hydrogen-bond acceptors (Lipinski definition) is 0. The van der Waals surface area contributed by atoms with Crippen LogP contribution in [0.15, 0.2) is 11.1 Å². The molecule has 0 nitrogen and oxygen atoms in total. The third-order valence-corrected chi connectivity index (χ3v) is 4.71. The Morgan fingerprint density at radius 3 is 2.73 bits per heavy atom. The van der Waals surface area contributed by atoms with Crippen LogP contribution in [0.4, 0.5) is 0 Å². The Kier molecular flexibility index (Phi) is 0.706. The van der Waals surface area contributed by atoms with Crippen LogP contribution in [-0.4, -0.2) is 0 Å². The van der Waals surface area contributed by atoms with Gasteiger partial charge in [-0.25, -0.2) is 0 Å². The van der Waals surface area contributed by atoms with E-state index in [1.54, 1.807) is 19.3 Å². The van der Waals surface area contributed by atoms with Gasteiger partial charge in [0, 0.05) is 0 Å². The standard InChI is InChI=1S/C11H14/c1-6-2-8-4-7(1)9-5-10(8)11(9)3-6/h6-9H,1-5H2. The highest BCUT2D eigenvalue weighted by Crippen LogP contribution is 2.64. The molecule has 6 bridgehead atoms. The summed E-state index contributed by atoms with van der Waals surface area (Å²) in [6.45, 7) is 0. The van der Waals surface area contributed by atoms with Crippen LogP contribution in [0, 0.1) is 23.7 Å². The first-order valence-corrected chi connectivity index (χ1v) is 5.13. The summed E-state index contributed by atoms with van der Waals surface area (Å²) < 4.78 is 0. The summed E-state index contributed by atoms with van der Waals surface area (Å²) in [5.41, 5.74) is 3.89. The van der Waals surface area contributed by atoms with Gasteiger partial charge in [0.25, 0.3) is 0 Å². The van der Waals surface area contributed by atoms with Crippen LogP contribution in [0.2, 0.25) is 0 Å². The van der Waals surface area contributed by atoms with Crippen LogP contribution in [0.1, 0.15) is 32.1 Å². The molecular weight excluding hydrogens is 132 g/mol. The molecule has 0 radical (unpaired) electrons. The van der Waals surface area contributed by atoms with Gasteiger partial charge in [0.2, 0.25) is 0 Å². The van der Waals surface area contributed by atoms with Crippen LogP contribution in [0.3, 0.4) is 0 Å². The summed E-state index contributed by atoms with van der Waals surface area (Å²) in [6.07, 6.45) is 7.80. The van der Waals surface area contributed by atoms with Gasteiger partial charge in [0.15, 0.2) is 0 Å². The molecule has 3 fully saturated rings. The largest absolute Gasteiger partial charge is 0.0670 e. The lowest BCUT2D eigenvalue weighted by Crippen LogP contribution is -2.47. The molecule has 0 aromatic rings. The Bertz CT molecular complexity index is 259. The van der Waals surface area contributed by atoms with Gasteiger partial charge < -0.3 is 0 Å². The lowest BCUT2D eigenvalue weighted by Gasteiger charge is -2.59. The summed E-state index contributed by atoms with van der Waals surface area (Å²) in [7, 11) is 0. The van der Waals surface area contributed by atoms with E-state index in [1.807, 2.05) is 11.1 Å². The van der Waals surface area contributed by atoms with Crippen LogP contribution in [-0.2, 0) is 0 Å². The van der Waals surface area contributed by atoms with Gasteiger partial charge in [0.1, 0.15) is 0 Å². The average Bonchev–Trinajstić information content (AvgIpc) is 1.94. The summed E-state index contributed by atoms with van der Waals surface area (Å²) in [4.78, 5) is 0. The van der Waals surface area contributed by atoms with E-state index in [9.17, 15) is 0 Å². The monoisotopic (exact) mass is 146 g/mol. The van der Waals surface area contributed by atoms with E-state index < -0.39 is 0 Å². The van der Waals surface area contributed by atoms with Gasteiger partial charge in [-0.15, -0.1) is 0 Å². The molecule has 0 aromatic heterocycles. The summed E-state index contributed by atoms with van der Waals surface area (Å²) in [5, 5.41) is 0. The first-order valence-electron chi connectivity index (χ1n) is 5.13. The molecule has 3 saturated carbocycles. The molecule has 6 aliphatic carbocycles. The van der Waals surface area contributed by atoms with E-state index in [-0.39, 0.29) is 0 Å². The van der Waals surface area contributed by atoms with Crippen molar-refractivity contribution in [2.45, 2.75) is 32.1 Å². The summed E-state index contributed by atoms with van der Waals surface area (Å²) >= 11 is 0. The van der Waals surface area contributed by atoms with Crippen molar-refractivity contribution in [3.05, 3.63) is 11.1 Å². The predicted octanol–water partition coefficient (Wildman–Crippen LogP) is 2.75. The van der Waals surface area contributed by atoms with Crippen LogP contribution in [0.25, 0.3) is 0 Å². The van der Waals surface area contributed by atoms with Crippen molar-refractivity contribution in [2.24, 2.45) is 23.7 Å². The minimum atomic E-state index is 1.09. The highest BCUT2D eigenvalue weighted by atomic mass is 14.6. The van der Waals surface area contributed by atoms with Crippen molar-refractivity contribution in [1.82, 2.24) is 0 Å². The Balaban J connectivity index is 1.96. The topological polar surface area (TPSA) is 0 Å². The van der Waals surface area contributed by atoms with Gasteiger partial charge >= 0.3 is 0 Å². The molecule has 0 aliphatic heterocycles. The number of rotatable bonds is 0. The first kappa shape index (κ1) is 5.40. The number of allylic oxidation sites excluding steroid dienone is 2. The van der Waals surface area contributed by atoms with Crippen molar-refractivity contribution in [1.29, 1.82) is 0 Å². The molecule has 0 heteroatoms. The van der Waals surface area contributed by atoms with Gasteiger partial charge in [-0.3, -0.25) is 0 Å². The molecule has 0 spiro atoms. The highest BCUT2D eigenvalue weighted by Gasteiger charge is 2.52. The second-order valence-electron chi connectivity index (χ2n) is 5.10. The molecule has 58 valence electrons. The van der Waals surface area contributed by atoms with Crippen LogP contribution in [0.5, 0.6) is 0 Å². The van der Waals surface area contributed by atoms with Crippen molar-refractivity contribution in [2.75, 3.05) is 0 Å².